The summed E-state index contributed by atoms with van der Waals surface area (Å²) in [6.45, 7) is 10.8. The zero-order valence-electron chi connectivity index (χ0n) is 16.2. The number of carbonyl (C=O) groups is 3. The van der Waals surface area contributed by atoms with Crippen molar-refractivity contribution in [3.8, 4) is 5.75 Å². The number of carbonyl (C=O) groups excluding carboxylic acids is 3. The highest BCUT2D eigenvalue weighted by Gasteiger charge is 2.19. The third kappa shape index (κ3) is 7.55. The number of ether oxygens (including phenoxy) is 2. The Morgan fingerprint density at radius 1 is 1.04 bits per heavy atom. The Labute approximate surface area is 154 Å². The number of esters is 1. The van der Waals surface area contributed by atoms with E-state index in [-0.39, 0.29) is 11.5 Å². The Hall–Kier alpha value is -2.57. The average Bonchev–Trinajstić information content (AvgIpc) is 2.51. The van der Waals surface area contributed by atoms with Crippen LogP contribution in [0.2, 0.25) is 0 Å². The van der Waals surface area contributed by atoms with Gasteiger partial charge < -0.3 is 14.8 Å². The third-order valence-electron chi connectivity index (χ3n) is 3.38. The Bertz CT molecular complexity index is 632. The topological polar surface area (TPSA) is 93.7 Å². The van der Waals surface area contributed by atoms with Gasteiger partial charge in [-0.25, -0.2) is 9.59 Å². The number of hydrogen-bond donors (Lipinski definition) is 2. The summed E-state index contributed by atoms with van der Waals surface area (Å²) in [7, 11) is 0. The second kappa shape index (κ2) is 9.22. The number of benzene rings is 1. The molecule has 0 aliphatic heterocycles. The van der Waals surface area contributed by atoms with Crippen molar-refractivity contribution in [1.82, 2.24) is 10.6 Å². The van der Waals surface area contributed by atoms with Gasteiger partial charge in [0, 0.05) is 6.04 Å². The zero-order valence-corrected chi connectivity index (χ0v) is 16.2. The molecule has 3 amide bonds. The van der Waals surface area contributed by atoms with Crippen molar-refractivity contribution >= 4 is 17.9 Å². The van der Waals surface area contributed by atoms with Gasteiger partial charge in [0.25, 0.3) is 5.91 Å². The van der Waals surface area contributed by atoms with Gasteiger partial charge in [-0.2, -0.15) is 0 Å². The minimum absolute atomic E-state index is 0.0261. The van der Waals surface area contributed by atoms with E-state index in [2.05, 4.69) is 31.4 Å². The van der Waals surface area contributed by atoms with Crippen LogP contribution in [0.1, 0.15) is 47.1 Å². The standard InChI is InChI=1S/C19H28N2O5/c1-12(2)20-18(24)21-16(22)11-25-17(23)13(3)26-15-9-7-14(8-10-15)19(4,5)6/h7-10,12-13H,11H2,1-6H3,(H2,20,21,22,24)/t13-/m0/s1. The van der Waals surface area contributed by atoms with Gasteiger partial charge in [-0.3, -0.25) is 10.1 Å². The molecular weight excluding hydrogens is 336 g/mol. The van der Waals surface area contributed by atoms with Crippen molar-refractivity contribution < 1.29 is 23.9 Å². The van der Waals surface area contributed by atoms with E-state index in [4.69, 9.17) is 9.47 Å². The first kappa shape index (κ1) is 21.5. The minimum atomic E-state index is -0.882. The van der Waals surface area contributed by atoms with Crippen LogP contribution in [0.4, 0.5) is 4.79 Å². The van der Waals surface area contributed by atoms with Crippen molar-refractivity contribution in [2.45, 2.75) is 59.1 Å². The minimum Gasteiger partial charge on any atom is -0.479 e. The Morgan fingerprint density at radius 2 is 1.62 bits per heavy atom. The van der Waals surface area contributed by atoms with Crippen LogP contribution in [-0.2, 0) is 19.7 Å². The number of amides is 3. The molecule has 7 nitrogen and oxygen atoms in total. The lowest BCUT2D eigenvalue weighted by Gasteiger charge is -2.20. The van der Waals surface area contributed by atoms with E-state index in [9.17, 15) is 14.4 Å². The van der Waals surface area contributed by atoms with E-state index < -0.39 is 30.6 Å². The molecule has 1 aromatic carbocycles. The van der Waals surface area contributed by atoms with E-state index in [1.54, 1.807) is 26.0 Å². The summed E-state index contributed by atoms with van der Waals surface area (Å²) < 4.78 is 10.4. The maximum Gasteiger partial charge on any atom is 0.347 e. The fourth-order valence-corrected chi connectivity index (χ4v) is 2.00. The van der Waals surface area contributed by atoms with Gasteiger partial charge in [0.15, 0.2) is 12.7 Å². The van der Waals surface area contributed by atoms with Crippen LogP contribution in [-0.4, -0.2) is 36.7 Å². The molecular formula is C19H28N2O5. The summed E-state index contributed by atoms with van der Waals surface area (Å²) in [5.74, 6) is -0.870. The molecule has 7 heteroatoms. The van der Waals surface area contributed by atoms with Crippen molar-refractivity contribution in [2.75, 3.05) is 6.61 Å². The lowest BCUT2D eigenvalue weighted by molar-refractivity contribution is -0.154. The normalized spacial score (nSPS) is 12.3. The van der Waals surface area contributed by atoms with Crippen LogP contribution in [0.25, 0.3) is 0 Å². The first-order valence-electron chi connectivity index (χ1n) is 8.53. The summed E-state index contributed by atoms with van der Waals surface area (Å²) in [4.78, 5) is 34.8. The van der Waals surface area contributed by atoms with E-state index in [0.29, 0.717) is 5.75 Å². The van der Waals surface area contributed by atoms with Crippen LogP contribution in [0.5, 0.6) is 5.75 Å². The van der Waals surface area contributed by atoms with Gasteiger partial charge in [-0.1, -0.05) is 32.9 Å². The first-order chi connectivity index (χ1) is 12.0. The molecule has 0 aromatic heterocycles. The third-order valence-corrected chi connectivity index (χ3v) is 3.38. The van der Waals surface area contributed by atoms with Gasteiger partial charge in [0.1, 0.15) is 5.75 Å². The van der Waals surface area contributed by atoms with Gasteiger partial charge in [0.2, 0.25) is 0 Å². The molecule has 1 aromatic rings. The Kier molecular flexibility index (Phi) is 7.61. The largest absolute Gasteiger partial charge is 0.479 e. The predicted molar refractivity (Wildman–Crippen MR) is 98.0 cm³/mol. The molecule has 0 bridgehead atoms. The highest BCUT2D eigenvalue weighted by molar-refractivity contribution is 5.95. The molecule has 1 atom stereocenters. The second-order valence-electron chi connectivity index (χ2n) is 7.32. The Balaban J connectivity index is 2.45. The lowest BCUT2D eigenvalue weighted by Crippen LogP contribution is -2.44. The molecule has 0 unspecified atom stereocenters. The van der Waals surface area contributed by atoms with Crippen LogP contribution >= 0.6 is 0 Å². The average molecular weight is 364 g/mol. The molecule has 0 saturated heterocycles. The SMILES string of the molecule is CC(C)NC(=O)NC(=O)COC(=O)[C@H](C)Oc1ccc(C(C)(C)C)cc1. The lowest BCUT2D eigenvalue weighted by atomic mass is 9.87. The van der Waals surface area contributed by atoms with Crippen molar-refractivity contribution in [2.24, 2.45) is 0 Å². The number of urea groups is 1. The number of rotatable bonds is 6. The van der Waals surface area contributed by atoms with Crippen molar-refractivity contribution in [3.63, 3.8) is 0 Å². The summed E-state index contributed by atoms with van der Waals surface area (Å²) >= 11 is 0. The monoisotopic (exact) mass is 364 g/mol. The molecule has 2 N–H and O–H groups in total. The van der Waals surface area contributed by atoms with E-state index in [1.165, 1.54) is 6.92 Å². The number of hydrogen-bond acceptors (Lipinski definition) is 5. The van der Waals surface area contributed by atoms with Crippen LogP contribution in [0.3, 0.4) is 0 Å². The van der Waals surface area contributed by atoms with E-state index in [0.717, 1.165) is 5.56 Å². The molecule has 0 fully saturated rings. The number of nitrogens with one attached hydrogen (secondary N) is 2. The van der Waals surface area contributed by atoms with E-state index >= 15 is 0 Å². The van der Waals surface area contributed by atoms with Gasteiger partial charge in [0.05, 0.1) is 0 Å². The maximum absolute atomic E-state index is 11.9. The second-order valence-corrected chi connectivity index (χ2v) is 7.32. The summed E-state index contributed by atoms with van der Waals surface area (Å²) in [5, 5.41) is 4.56. The van der Waals surface area contributed by atoms with Gasteiger partial charge >= 0.3 is 12.0 Å². The Morgan fingerprint density at radius 3 is 2.12 bits per heavy atom. The molecule has 0 saturated carbocycles. The first-order valence-corrected chi connectivity index (χ1v) is 8.53. The molecule has 1 rings (SSSR count). The van der Waals surface area contributed by atoms with Crippen LogP contribution < -0.4 is 15.4 Å². The fourth-order valence-electron chi connectivity index (χ4n) is 2.00. The smallest absolute Gasteiger partial charge is 0.347 e. The molecule has 0 aliphatic rings. The molecule has 0 spiro atoms. The number of imide groups is 1. The highest BCUT2D eigenvalue weighted by Crippen LogP contribution is 2.24. The summed E-state index contributed by atoms with van der Waals surface area (Å²) in [6, 6.07) is 6.70. The molecule has 0 radical (unpaired) electrons. The summed E-state index contributed by atoms with van der Waals surface area (Å²) in [5.41, 5.74) is 1.18. The van der Waals surface area contributed by atoms with Gasteiger partial charge in [-0.05, 0) is 43.9 Å². The molecule has 0 aliphatic carbocycles. The fraction of sp³-hybridized carbons (Fsp3) is 0.526. The predicted octanol–water partition coefficient (Wildman–Crippen LogP) is 2.53. The summed E-state index contributed by atoms with van der Waals surface area (Å²) in [6.07, 6.45) is -0.882. The van der Waals surface area contributed by atoms with Gasteiger partial charge in [-0.15, -0.1) is 0 Å². The van der Waals surface area contributed by atoms with E-state index in [1.807, 2.05) is 12.1 Å². The molecule has 0 heterocycles. The highest BCUT2D eigenvalue weighted by atomic mass is 16.6. The van der Waals surface area contributed by atoms with Crippen molar-refractivity contribution in [3.05, 3.63) is 29.8 Å². The van der Waals surface area contributed by atoms with Crippen LogP contribution in [0, 0.1) is 0 Å². The molecule has 144 valence electrons. The van der Waals surface area contributed by atoms with Crippen LogP contribution in [0.15, 0.2) is 24.3 Å². The van der Waals surface area contributed by atoms with Crippen molar-refractivity contribution in [1.29, 1.82) is 0 Å². The zero-order chi connectivity index (χ0) is 19.9. The molecule has 26 heavy (non-hydrogen) atoms. The maximum atomic E-state index is 11.9. The quantitative estimate of drug-likeness (QED) is 0.757.